The molecule has 3 aromatic rings. The fraction of sp³-hybridized carbons (Fsp3) is 0.250. The summed E-state index contributed by atoms with van der Waals surface area (Å²) in [6.45, 7) is 5.27. The first-order valence-electron chi connectivity index (χ1n) is 12.1. The molecule has 4 rings (SSSR count). The highest BCUT2D eigenvalue weighted by Gasteiger charge is 2.30. The standard InChI is InChI=1S/C28H25Cl4N3O4/c1-15(2)14-38-9-10-39-23-8-7-16(29)11-19(23)27(36)35-26-28(37)33-22-6-4-3-5-18(22)25(34-26)24-20(31)12-17(30)13-21(24)32/h3-8,11-13,15,26H,9-10,14H2,1-2H3,(H,33,37)(H,35,36). The Morgan fingerprint density at radius 2 is 1.72 bits per heavy atom. The number of carbonyl (C=O) groups is 2. The van der Waals surface area contributed by atoms with Crippen LogP contribution in [0.25, 0.3) is 0 Å². The number of ether oxygens (including phenoxy) is 2. The number of fused-ring (bicyclic) bond motifs is 1. The van der Waals surface area contributed by atoms with E-state index >= 15 is 0 Å². The summed E-state index contributed by atoms with van der Waals surface area (Å²) in [5.41, 5.74) is 1.88. The van der Waals surface area contributed by atoms with Crippen LogP contribution < -0.4 is 15.4 Å². The van der Waals surface area contributed by atoms with Crippen LogP contribution in [0.4, 0.5) is 5.69 Å². The fourth-order valence-corrected chi connectivity index (χ4v) is 5.03. The molecule has 0 saturated carbocycles. The number of benzodiazepines with no additional fused rings is 1. The molecule has 0 bridgehead atoms. The third-order valence-electron chi connectivity index (χ3n) is 5.58. The van der Waals surface area contributed by atoms with Crippen molar-refractivity contribution in [3.05, 3.63) is 91.4 Å². The zero-order valence-electron chi connectivity index (χ0n) is 21.1. The van der Waals surface area contributed by atoms with Crippen molar-refractivity contribution in [2.75, 3.05) is 25.1 Å². The van der Waals surface area contributed by atoms with Gasteiger partial charge in [0, 0.05) is 27.8 Å². The maximum atomic E-state index is 13.4. The van der Waals surface area contributed by atoms with Crippen LogP contribution in [-0.4, -0.2) is 43.5 Å². The number of amides is 2. The molecule has 2 N–H and O–H groups in total. The third kappa shape index (κ3) is 7.24. The molecule has 204 valence electrons. The van der Waals surface area contributed by atoms with Gasteiger partial charge in [0.2, 0.25) is 6.17 Å². The number of aliphatic imine (C=N–C) groups is 1. The summed E-state index contributed by atoms with van der Waals surface area (Å²) in [7, 11) is 0. The summed E-state index contributed by atoms with van der Waals surface area (Å²) in [4.78, 5) is 31.2. The Morgan fingerprint density at radius 1 is 1.00 bits per heavy atom. The van der Waals surface area contributed by atoms with E-state index in [0.717, 1.165) is 0 Å². The molecule has 1 atom stereocenters. The first-order valence-corrected chi connectivity index (χ1v) is 13.6. The zero-order chi connectivity index (χ0) is 28.1. The van der Waals surface area contributed by atoms with Crippen LogP contribution in [0.3, 0.4) is 0 Å². The lowest BCUT2D eigenvalue weighted by Gasteiger charge is -2.16. The van der Waals surface area contributed by atoms with Crippen LogP contribution in [0.15, 0.2) is 59.6 Å². The molecular formula is C28H25Cl4N3O4. The number of rotatable bonds is 9. The van der Waals surface area contributed by atoms with Crippen molar-refractivity contribution in [2.24, 2.45) is 10.9 Å². The molecule has 1 heterocycles. The Kier molecular flexibility index (Phi) is 9.75. The molecule has 11 heteroatoms. The topological polar surface area (TPSA) is 89.0 Å². The molecule has 3 aromatic carbocycles. The van der Waals surface area contributed by atoms with Gasteiger partial charge in [0.05, 0.1) is 33.6 Å². The number of para-hydroxylation sites is 1. The highest BCUT2D eigenvalue weighted by molar-refractivity contribution is 6.44. The molecule has 0 aliphatic carbocycles. The molecule has 1 aliphatic heterocycles. The van der Waals surface area contributed by atoms with Crippen LogP contribution in [-0.2, 0) is 9.53 Å². The first kappa shape index (κ1) is 29.2. The van der Waals surface area contributed by atoms with Gasteiger partial charge < -0.3 is 20.1 Å². The van der Waals surface area contributed by atoms with Gasteiger partial charge in [-0.05, 0) is 42.3 Å². The molecule has 39 heavy (non-hydrogen) atoms. The van der Waals surface area contributed by atoms with E-state index in [0.29, 0.717) is 51.7 Å². The van der Waals surface area contributed by atoms with Gasteiger partial charge in [0.1, 0.15) is 12.4 Å². The van der Waals surface area contributed by atoms with E-state index in [1.807, 2.05) is 13.8 Å². The molecule has 1 unspecified atom stereocenters. The average Bonchev–Trinajstić information content (AvgIpc) is 3.00. The van der Waals surface area contributed by atoms with Gasteiger partial charge in [-0.1, -0.05) is 78.5 Å². The molecule has 0 spiro atoms. The monoisotopic (exact) mass is 607 g/mol. The minimum atomic E-state index is -1.33. The smallest absolute Gasteiger partial charge is 0.269 e. The van der Waals surface area contributed by atoms with E-state index in [9.17, 15) is 9.59 Å². The zero-order valence-corrected chi connectivity index (χ0v) is 24.1. The first-order chi connectivity index (χ1) is 18.6. The molecule has 2 amide bonds. The maximum absolute atomic E-state index is 13.4. The van der Waals surface area contributed by atoms with Gasteiger partial charge in [-0.3, -0.25) is 9.59 Å². The molecule has 0 fully saturated rings. The number of carbonyl (C=O) groups excluding carboxylic acids is 2. The summed E-state index contributed by atoms with van der Waals surface area (Å²) in [6, 6.07) is 14.8. The lowest BCUT2D eigenvalue weighted by atomic mass is 10.0. The Morgan fingerprint density at radius 3 is 2.44 bits per heavy atom. The van der Waals surface area contributed by atoms with Gasteiger partial charge in [-0.25, -0.2) is 4.99 Å². The van der Waals surface area contributed by atoms with E-state index in [-0.39, 0.29) is 28.0 Å². The number of hydrogen-bond acceptors (Lipinski definition) is 5. The average molecular weight is 609 g/mol. The van der Waals surface area contributed by atoms with Gasteiger partial charge in [-0.2, -0.15) is 0 Å². The van der Waals surface area contributed by atoms with E-state index in [4.69, 9.17) is 55.9 Å². The fourth-order valence-electron chi connectivity index (χ4n) is 3.86. The number of benzene rings is 3. The summed E-state index contributed by atoms with van der Waals surface area (Å²) < 4.78 is 11.3. The second-order valence-electron chi connectivity index (χ2n) is 9.09. The number of halogens is 4. The van der Waals surface area contributed by atoms with Crippen molar-refractivity contribution in [3.63, 3.8) is 0 Å². The van der Waals surface area contributed by atoms with Crippen LogP contribution in [0.2, 0.25) is 20.1 Å². The molecule has 7 nitrogen and oxygen atoms in total. The molecule has 1 aliphatic rings. The maximum Gasteiger partial charge on any atom is 0.269 e. The number of nitrogens with zero attached hydrogens (tertiary/aromatic N) is 1. The third-order valence-corrected chi connectivity index (χ3v) is 6.63. The van der Waals surface area contributed by atoms with E-state index in [2.05, 4.69) is 15.6 Å². The van der Waals surface area contributed by atoms with Crippen molar-refractivity contribution in [1.82, 2.24) is 5.32 Å². The lowest BCUT2D eigenvalue weighted by Crippen LogP contribution is -2.42. The van der Waals surface area contributed by atoms with E-state index < -0.39 is 18.0 Å². The predicted molar refractivity (Wildman–Crippen MR) is 156 cm³/mol. The minimum Gasteiger partial charge on any atom is -0.490 e. The quantitative estimate of drug-likeness (QED) is 0.259. The van der Waals surface area contributed by atoms with Crippen molar-refractivity contribution in [3.8, 4) is 5.75 Å². The Bertz CT molecular complexity index is 1400. The SMILES string of the molecule is CC(C)COCCOc1ccc(Cl)cc1C(=O)NC1N=C(c2c(Cl)cc(Cl)cc2Cl)c2ccccc2NC1=O. The second kappa shape index (κ2) is 13.0. The second-order valence-corrected chi connectivity index (χ2v) is 10.8. The number of anilines is 1. The summed E-state index contributed by atoms with van der Waals surface area (Å²) in [5, 5.41) is 6.63. The van der Waals surface area contributed by atoms with E-state index in [1.165, 1.54) is 18.2 Å². The summed E-state index contributed by atoms with van der Waals surface area (Å²) in [6.07, 6.45) is -1.33. The predicted octanol–water partition coefficient (Wildman–Crippen LogP) is 6.90. The summed E-state index contributed by atoms with van der Waals surface area (Å²) in [5.74, 6) is -0.492. The molecule has 0 saturated heterocycles. The minimum absolute atomic E-state index is 0.139. The number of nitrogens with one attached hydrogen (secondary N) is 2. The van der Waals surface area contributed by atoms with Crippen LogP contribution in [0.5, 0.6) is 5.75 Å². The Hall–Kier alpha value is -2.81. The van der Waals surface area contributed by atoms with Gasteiger partial charge in [-0.15, -0.1) is 0 Å². The molecule has 0 aromatic heterocycles. The highest BCUT2D eigenvalue weighted by atomic mass is 35.5. The van der Waals surface area contributed by atoms with Crippen LogP contribution in [0.1, 0.15) is 35.3 Å². The normalized spacial score (nSPS) is 14.8. The van der Waals surface area contributed by atoms with Gasteiger partial charge in [0.15, 0.2) is 0 Å². The Balaban J connectivity index is 1.65. The van der Waals surface area contributed by atoms with Crippen molar-refractivity contribution in [2.45, 2.75) is 20.0 Å². The molecule has 0 radical (unpaired) electrons. The lowest BCUT2D eigenvalue weighted by molar-refractivity contribution is -0.117. The van der Waals surface area contributed by atoms with Crippen molar-refractivity contribution in [1.29, 1.82) is 0 Å². The van der Waals surface area contributed by atoms with Crippen LogP contribution >= 0.6 is 46.4 Å². The Labute approximate surface area is 246 Å². The van der Waals surface area contributed by atoms with Gasteiger partial charge >= 0.3 is 0 Å². The van der Waals surface area contributed by atoms with E-state index in [1.54, 1.807) is 36.4 Å². The van der Waals surface area contributed by atoms with Crippen LogP contribution in [0, 0.1) is 5.92 Å². The van der Waals surface area contributed by atoms with Crippen molar-refractivity contribution < 1.29 is 19.1 Å². The largest absolute Gasteiger partial charge is 0.490 e. The summed E-state index contributed by atoms with van der Waals surface area (Å²) >= 11 is 25.3. The molecular weight excluding hydrogens is 584 g/mol. The highest BCUT2D eigenvalue weighted by Crippen LogP contribution is 2.34. The van der Waals surface area contributed by atoms with Crippen molar-refractivity contribution >= 4 is 69.6 Å². The number of hydrogen-bond donors (Lipinski definition) is 2. The van der Waals surface area contributed by atoms with Gasteiger partial charge in [0.25, 0.3) is 11.8 Å².